The average molecular weight is 315 g/mol. The summed E-state index contributed by atoms with van der Waals surface area (Å²) < 4.78 is 5.52. The molecule has 1 saturated heterocycles. The van der Waals surface area contributed by atoms with Gasteiger partial charge in [0.15, 0.2) is 0 Å². The lowest BCUT2D eigenvalue weighted by atomic mass is 10.0. The fourth-order valence-electron chi connectivity index (χ4n) is 3.05. The highest BCUT2D eigenvalue weighted by Gasteiger charge is 2.37. The van der Waals surface area contributed by atoms with Crippen LogP contribution in [-0.2, 0) is 16.0 Å². The number of nitrogens with zero attached hydrogens (tertiary/aromatic N) is 4. The van der Waals surface area contributed by atoms with E-state index >= 15 is 0 Å². The number of aromatic nitrogens is 4. The van der Waals surface area contributed by atoms with Crippen LogP contribution >= 0.6 is 0 Å². The molecule has 7 nitrogen and oxygen atoms in total. The van der Waals surface area contributed by atoms with Crippen LogP contribution in [0.3, 0.4) is 0 Å². The number of carbonyl (C=O) groups excluding carboxylic acids is 1. The van der Waals surface area contributed by atoms with Gasteiger partial charge in [0.1, 0.15) is 0 Å². The summed E-state index contributed by atoms with van der Waals surface area (Å²) >= 11 is 0. The maximum atomic E-state index is 12.5. The van der Waals surface area contributed by atoms with Crippen LogP contribution in [-0.4, -0.2) is 57.5 Å². The molecule has 0 aliphatic carbocycles. The monoisotopic (exact) mass is 315 g/mol. The van der Waals surface area contributed by atoms with Crippen molar-refractivity contribution in [1.29, 1.82) is 0 Å². The minimum absolute atomic E-state index is 0.0373. The van der Waals surface area contributed by atoms with Gasteiger partial charge >= 0.3 is 0 Å². The predicted octanol–water partition coefficient (Wildman–Crippen LogP) is 1.08. The van der Waals surface area contributed by atoms with E-state index in [0.717, 1.165) is 16.8 Å². The molecule has 0 aromatic carbocycles. The number of methoxy groups -OCH3 is 1. The van der Waals surface area contributed by atoms with Gasteiger partial charge in [-0.25, -0.2) is 0 Å². The van der Waals surface area contributed by atoms with Crippen LogP contribution in [0.5, 0.6) is 0 Å². The summed E-state index contributed by atoms with van der Waals surface area (Å²) in [5.41, 5.74) is 3.05. The Balaban J connectivity index is 1.60. The third-order valence-electron chi connectivity index (χ3n) is 4.29. The molecule has 2 aromatic rings. The topological polar surface area (TPSA) is 84.0 Å². The SMILES string of the molecule is CO[C@@H]1CN(C(=O)CCc2cncc(C)c2)C[C@H]1c1cn[nH]n1. The molecule has 0 radical (unpaired) electrons. The first-order chi connectivity index (χ1) is 11.2. The largest absolute Gasteiger partial charge is 0.379 e. The molecule has 1 aliphatic heterocycles. The Hall–Kier alpha value is -2.28. The van der Waals surface area contributed by atoms with Crippen molar-refractivity contribution in [2.45, 2.75) is 31.8 Å². The van der Waals surface area contributed by atoms with E-state index in [1.165, 1.54) is 0 Å². The summed E-state index contributed by atoms with van der Waals surface area (Å²) in [5.74, 6) is 0.211. The van der Waals surface area contributed by atoms with Gasteiger partial charge in [-0.15, -0.1) is 0 Å². The minimum atomic E-state index is -0.0373. The van der Waals surface area contributed by atoms with Crippen LogP contribution in [0.2, 0.25) is 0 Å². The van der Waals surface area contributed by atoms with Crippen molar-refractivity contribution in [3.05, 3.63) is 41.5 Å². The van der Waals surface area contributed by atoms with Crippen molar-refractivity contribution < 1.29 is 9.53 Å². The van der Waals surface area contributed by atoms with Crippen molar-refractivity contribution in [2.75, 3.05) is 20.2 Å². The number of hydrogen-bond acceptors (Lipinski definition) is 5. The Morgan fingerprint density at radius 3 is 2.96 bits per heavy atom. The first-order valence-electron chi connectivity index (χ1n) is 7.74. The summed E-state index contributed by atoms with van der Waals surface area (Å²) in [4.78, 5) is 18.5. The Bertz CT molecular complexity index is 658. The third kappa shape index (κ3) is 3.56. The van der Waals surface area contributed by atoms with Crippen LogP contribution in [0.25, 0.3) is 0 Å². The minimum Gasteiger partial charge on any atom is -0.379 e. The van der Waals surface area contributed by atoms with Crippen molar-refractivity contribution in [3.8, 4) is 0 Å². The van der Waals surface area contributed by atoms with Gasteiger partial charge in [0.25, 0.3) is 0 Å². The second-order valence-corrected chi connectivity index (χ2v) is 5.94. The third-order valence-corrected chi connectivity index (χ3v) is 4.29. The summed E-state index contributed by atoms with van der Waals surface area (Å²) in [5, 5.41) is 10.6. The molecule has 0 unspecified atom stereocenters. The molecule has 0 saturated carbocycles. The number of pyridine rings is 1. The molecule has 122 valence electrons. The van der Waals surface area contributed by atoms with Crippen molar-refractivity contribution in [2.24, 2.45) is 0 Å². The number of amides is 1. The quantitative estimate of drug-likeness (QED) is 0.892. The molecule has 7 heteroatoms. The number of hydrogen-bond donors (Lipinski definition) is 1. The van der Waals surface area contributed by atoms with Crippen molar-refractivity contribution >= 4 is 5.91 Å². The zero-order chi connectivity index (χ0) is 16.2. The molecule has 0 spiro atoms. The first-order valence-corrected chi connectivity index (χ1v) is 7.74. The predicted molar refractivity (Wildman–Crippen MR) is 83.8 cm³/mol. The van der Waals surface area contributed by atoms with Gasteiger partial charge in [-0.1, -0.05) is 6.07 Å². The van der Waals surface area contributed by atoms with Crippen LogP contribution in [0.1, 0.15) is 29.2 Å². The van der Waals surface area contributed by atoms with Crippen molar-refractivity contribution in [3.63, 3.8) is 0 Å². The summed E-state index contributed by atoms with van der Waals surface area (Å²) in [6.45, 7) is 3.22. The molecule has 1 N–H and O–H groups in total. The molecule has 1 fully saturated rings. The fourth-order valence-corrected chi connectivity index (χ4v) is 3.05. The van der Waals surface area contributed by atoms with E-state index in [1.54, 1.807) is 13.3 Å². The zero-order valence-electron chi connectivity index (χ0n) is 13.4. The highest BCUT2D eigenvalue weighted by Crippen LogP contribution is 2.28. The number of aryl methyl sites for hydroxylation is 2. The van der Waals surface area contributed by atoms with Gasteiger partial charge in [-0.3, -0.25) is 9.78 Å². The fraction of sp³-hybridized carbons (Fsp3) is 0.500. The number of aromatic amines is 1. The molecular weight excluding hydrogens is 294 g/mol. The molecule has 3 rings (SSSR count). The van der Waals surface area contributed by atoms with Gasteiger partial charge in [-0.2, -0.15) is 15.4 Å². The second kappa shape index (κ2) is 6.87. The van der Waals surface area contributed by atoms with Crippen LogP contribution in [0.15, 0.2) is 24.7 Å². The molecule has 3 heterocycles. The normalized spacial score (nSPS) is 20.9. The number of carbonyl (C=O) groups is 1. The summed E-state index contributed by atoms with van der Waals surface area (Å²) in [6.07, 6.45) is 6.48. The summed E-state index contributed by atoms with van der Waals surface area (Å²) in [6, 6.07) is 2.07. The van der Waals surface area contributed by atoms with Gasteiger partial charge < -0.3 is 9.64 Å². The standard InChI is InChI=1S/C16H21N5O2/c1-11-5-12(7-17-6-11)3-4-16(22)21-9-13(15(10-21)23-2)14-8-18-20-19-14/h5-8,13,15H,3-4,9-10H2,1-2H3,(H,18,19,20)/t13-,15+/m0/s1. The van der Waals surface area contributed by atoms with Crippen LogP contribution in [0, 0.1) is 6.92 Å². The highest BCUT2D eigenvalue weighted by molar-refractivity contribution is 5.77. The van der Waals surface area contributed by atoms with E-state index in [9.17, 15) is 4.79 Å². The number of H-pyrrole nitrogens is 1. The van der Waals surface area contributed by atoms with E-state index in [0.29, 0.717) is 25.9 Å². The second-order valence-electron chi connectivity index (χ2n) is 5.94. The van der Waals surface area contributed by atoms with Gasteiger partial charge in [0, 0.05) is 39.0 Å². The smallest absolute Gasteiger partial charge is 0.223 e. The number of nitrogens with one attached hydrogen (secondary N) is 1. The highest BCUT2D eigenvalue weighted by atomic mass is 16.5. The van der Waals surface area contributed by atoms with Gasteiger partial charge in [0.05, 0.1) is 23.9 Å². The lowest BCUT2D eigenvalue weighted by Gasteiger charge is -2.15. The van der Waals surface area contributed by atoms with E-state index in [4.69, 9.17) is 4.74 Å². The van der Waals surface area contributed by atoms with Gasteiger partial charge in [0.2, 0.25) is 5.91 Å². The molecular formula is C16H21N5O2. The van der Waals surface area contributed by atoms with E-state index in [2.05, 4.69) is 26.5 Å². The Kier molecular flexibility index (Phi) is 4.66. The van der Waals surface area contributed by atoms with E-state index in [-0.39, 0.29) is 17.9 Å². The van der Waals surface area contributed by atoms with Crippen LogP contribution < -0.4 is 0 Å². The number of rotatable bonds is 5. The first kappa shape index (κ1) is 15.6. The average Bonchev–Trinajstić information content (AvgIpc) is 3.21. The molecule has 1 aliphatic rings. The molecule has 2 atom stereocenters. The Morgan fingerprint density at radius 1 is 1.39 bits per heavy atom. The molecule has 23 heavy (non-hydrogen) atoms. The van der Waals surface area contributed by atoms with E-state index in [1.807, 2.05) is 24.2 Å². The number of likely N-dealkylation sites (tertiary alicyclic amines) is 1. The number of ether oxygens (including phenoxy) is 1. The maximum absolute atomic E-state index is 12.5. The zero-order valence-corrected chi connectivity index (χ0v) is 13.4. The Morgan fingerprint density at radius 2 is 2.26 bits per heavy atom. The van der Waals surface area contributed by atoms with Gasteiger partial charge in [-0.05, 0) is 24.5 Å². The van der Waals surface area contributed by atoms with E-state index < -0.39 is 0 Å². The Labute approximate surface area is 135 Å². The van der Waals surface area contributed by atoms with Crippen molar-refractivity contribution in [1.82, 2.24) is 25.3 Å². The summed E-state index contributed by atoms with van der Waals surface area (Å²) in [7, 11) is 1.67. The molecule has 2 aromatic heterocycles. The maximum Gasteiger partial charge on any atom is 0.223 e. The molecule has 0 bridgehead atoms. The lowest BCUT2D eigenvalue weighted by molar-refractivity contribution is -0.130. The van der Waals surface area contributed by atoms with Crippen LogP contribution in [0.4, 0.5) is 0 Å². The lowest BCUT2D eigenvalue weighted by Crippen LogP contribution is -2.30. The molecule has 1 amide bonds.